The lowest BCUT2D eigenvalue weighted by Gasteiger charge is -2.22. The maximum Gasteiger partial charge on any atom is 0.129 e. The summed E-state index contributed by atoms with van der Waals surface area (Å²) >= 11 is 1.73. The highest BCUT2D eigenvalue weighted by atomic mass is 32.1. The molecule has 0 spiro atoms. The number of likely N-dealkylation sites (N-methyl/N-ethyl adjacent to an activating group) is 1. The van der Waals surface area contributed by atoms with Crippen LogP contribution in [0.15, 0.2) is 47.8 Å². The van der Waals surface area contributed by atoms with Crippen LogP contribution in [-0.2, 0) is 0 Å². The fourth-order valence-electron chi connectivity index (χ4n) is 3.63. The van der Waals surface area contributed by atoms with Crippen LogP contribution in [0.25, 0.3) is 21.7 Å². The number of benzene rings is 1. The van der Waals surface area contributed by atoms with E-state index in [-0.39, 0.29) is 5.75 Å². The first kappa shape index (κ1) is 18.0. The molecule has 1 fully saturated rings. The van der Waals surface area contributed by atoms with E-state index in [1.807, 2.05) is 19.1 Å². The van der Waals surface area contributed by atoms with Crippen molar-refractivity contribution in [2.45, 2.75) is 19.4 Å². The van der Waals surface area contributed by atoms with Crippen LogP contribution in [0.4, 0.5) is 5.82 Å². The Bertz CT molecular complexity index is 937. The maximum absolute atomic E-state index is 10.4. The summed E-state index contributed by atoms with van der Waals surface area (Å²) in [7, 11) is 4.28. The van der Waals surface area contributed by atoms with E-state index in [0.717, 1.165) is 47.7 Å². The summed E-state index contributed by atoms with van der Waals surface area (Å²) < 4.78 is 0. The van der Waals surface area contributed by atoms with E-state index in [4.69, 9.17) is 4.98 Å². The summed E-state index contributed by atoms with van der Waals surface area (Å²) in [5, 5.41) is 12.5. The Morgan fingerprint density at radius 2 is 2.04 bits per heavy atom. The molecule has 27 heavy (non-hydrogen) atoms. The first-order valence-electron chi connectivity index (χ1n) is 9.28. The van der Waals surface area contributed by atoms with Crippen molar-refractivity contribution in [2.24, 2.45) is 0 Å². The predicted molar refractivity (Wildman–Crippen MR) is 114 cm³/mol. The quantitative estimate of drug-likeness (QED) is 0.717. The van der Waals surface area contributed by atoms with Crippen LogP contribution in [0.2, 0.25) is 0 Å². The van der Waals surface area contributed by atoms with Crippen molar-refractivity contribution in [3.05, 3.63) is 53.4 Å². The molecule has 0 amide bonds. The minimum Gasteiger partial charge on any atom is -0.507 e. The first-order valence-corrected chi connectivity index (χ1v) is 10.2. The predicted octanol–water partition coefficient (Wildman–Crippen LogP) is 4.63. The van der Waals surface area contributed by atoms with Gasteiger partial charge in [-0.25, -0.2) is 4.98 Å². The highest BCUT2D eigenvalue weighted by Crippen LogP contribution is 2.36. The topological polar surface area (TPSA) is 39.6 Å². The number of anilines is 1. The van der Waals surface area contributed by atoms with Gasteiger partial charge in [-0.3, -0.25) is 0 Å². The van der Waals surface area contributed by atoms with Crippen LogP contribution in [0, 0.1) is 6.92 Å². The standard InChI is InChI=1S/C22H25N3OS/c1-15-6-7-20(26)18(11-15)19-12-16(21-5-4-10-27-21)13-22(23-19)25-9-8-17(14-25)24(2)3/h4-7,10-13,17,26H,8-9,14H2,1-3H3. The molecule has 2 aromatic heterocycles. The number of hydrogen-bond acceptors (Lipinski definition) is 5. The van der Waals surface area contributed by atoms with Crippen molar-refractivity contribution < 1.29 is 5.11 Å². The second-order valence-corrected chi connectivity index (χ2v) is 8.40. The molecule has 0 bridgehead atoms. The molecule has 1 aliphatic heterocycles. The van der Waals surface area contributed by atoms with Gasteiger partial charge in [-0.2, -0.15) is 0 Å². The number of phenols is 1. The maximum atomic E-state index is 10.4. The van der Waals surface area contributed by atoms with Crippen molar-refractivity contribution in [3.8, 4) is 27.4 Å². The number of aromatic hydroxyl groups is 1. The van der Waals surface area contributed by atoms with Gasteiger partial charge in [0.1, 0.15) is 11.6 Å². The van der Waals surface area contributed by atoms with Crippen LogP contribution in [0.3, 0.4) is 0 Å². The lowest BCUT2D eigenvalue weighted by Crippen LogP contribution is -2.31. The van der Waals surface area contributed by atoms with Crippen LogP contribution in [0.1, 0.15) is 12.0 Å². The van der Waals surface area contributed by atoms with Gasteiger partial charge in [0, 0.05) is 29.6 Å². The molecule has 1 aromatic carbocycles. The van der Waals surface area contributed by atoms with Gasteiger partial charge < -0.3 is 14.9 Å². The molecule has 3 heterocycles. The van der Waals surface area contributed by atoms with Gasteiger partial charge >= 0.3 is 0 Å². The van der Waals surface area contributed by atoms with Crippen molar-refractivity contribution in [2.75, 3.05) is 32.1 Å². The molecule has 3 aromatic rings. The number of phenolic OH excluding ortho intramolecular Hbond substituents is 1. The minimum absolute atomic E-state index is 0.273. The third kappa shape index (κ3) is 3.70. The highest BCUT2D eigenvalue weighted by molar-refractivity contribution is 7.13. The van der Waals surface area contributed by atoms with Gasteiger partial charge in [-0.1, -0.05) is 17.7 Å². The Morgan fingerprint density at radius 1 is 1.19 bits per heavy atom. The van der Waals surface area contributed by atoms with Crippen molar-refractivity contribution in [1.29, 1.82) is 0 Å². The molecule has 1 atom stereocenters. The van der Waals surface area contributed by atoms with Crippen LogP contribution < -0.4 is 4.90 Å². The fourth-order valence-corrected chi connectivity index (χ4v) is 4.34. The number of aromatic nitrogens is 1. The number of nitrogens with zero attached hydrogens (tertiary/aromatic N) is 3. The van der Waals surface area contributed by atoms with E-state index in [9.17, 15) is 5.11 Å². The van der Waals surface area contributed by atoms with E-state index >= 15 is 0 Å². The van der Waals surface area contributed by atoms with Gasteiger partial charge in [0.15, 0.2) is 0 Å². The van der Waals surface area contributed by atoms with Crippen LogP contribution >= 0.6 is 11.3 Å². The number of hydrogen-bond donors (Lipinski definition) is 1. The molecule has 0 saturated carbocycles. The zero-order valence-electron chi connectivity index (χ0n) is 16.0. The van der Waals surface area contributed by atoms with Crippen LogP contribution in [-0.4, -0.2) is 48.2 Å². The van der Waals surface area contributed by atoms with Gasteiger partial charge in [-0.15, -0.1) is 11.3 Å². The van der Waals surface area contributed by atoms with E-state index in [0.29, 0.717) is 6.04 Å². The highest BCUT2D eigenvalue weighted by Gasteiger charge is 2.25. The average Bonchev–Trinajstić information content (AvgIpc) is 3.35. The van der Waals surface area contributed by atoms with Crippen LogP contribution in [0.5, 0.6) is 5.75 Å². The molecule has 1 unspecified atom stereocenters. The third-order valence-electron chi connectivity index (χ3n) is 5.26. The van der Waals surface area contributed by atoms with E-state index < -0.39 is 0 Å². The molecule has 4 nitrogen and oxygen atoms in total. The number of thiophene rings is 1. The monoisotopic (exact) mass is 379 g/mol. The first-order chi connectivity index (χ1) is 13.0. The fraction of sp³-hybridized carbons (Fsp3) is 0.318. The normalized spacial score (nSPS) is 17.0. The SMILES string of the molecule is Cc1ccc(O)c(-c2cc(-c3cccs3)cc(N3CCC(N(C)C)C3)n2)c1. The second-order valence-electron chi connectivity index (χ2n) is 7.45. The Balaban J connectivity index is 1.80. The third-order valence-corrected chi connectivity index (χ3v) is 6.18. The Hall–Kier alpha value is -2.37. The Kier molecular flexibility index (Phi) is 4.89. The molecular weight excluding hydrogens is 354 g/mol. The molecular formula is C22H25N3OS. The molecule has 0 radical (unpaired) electrons. The molecule has 1 N–H and O–H groups in total. The summed E-state index contributed by atoms with van der Waals surface area (Å²) in [5.41, 5.74) is 3.88. The lowest BCUT2D eigenvalue weighted by molar-refractivity contribution is 0.315. The van der Waals surface area contributed by atoms with E-state index in [2.05, 4.69) is 53.5 Å². The molecule has 140 valence electrons. The number of aryl methyl sites for hydroxylation is 1. The molecule has 0 aliphatic carbocycles. The largest absolute Gasteiger partial charge is 0.507 e. The summed E-state index contributed by atoms with van der Waals surface area (Å²) in [4.78, 5) is 10.8. The van der Waals surface area contributed by atoms with Crippen molar-refractivity contribution in [3.63, 3.8) is 0 Å². The van der Waals surface area contributed by atoms with Gasteiger partial charge in [0.25, 0.3) is 0 Å². The summed E-state index contributed by atoms with van der Waals surface area (Å²) in [6.45, 7) is 4.02. The zero-order valence-corrected chi connectivity index (χ0v) is 16.8. The lowest BCUT2D eigenvalue weighted by atomic mass is 10.0. The van der Waals surface area contributed by atoms with Crippen molar-refractivity contribution >= 4 is 17.2 Å². The zero-order chi connectivity index (χ0) is 19.0. The van der Waals surface area contributed by atoms with E-state index in [1.54, 1.807) is 17.4 Å². The molecule has 1 aliphatic rings. The average molecular weight is 380 g/mol. The Labute approximate surface area is 164 Å². The number of rotatable bonds is 4. The van der Waals surface area contributed by atoms with E-state index in [1.165, 1.54) is 4.88 Å². The molecule has 5 heteroatoms. The summed E-state index contributed by atoms with van der Waals surface area (Å²) in [6.07, 6.45) is 1.14. The Morgan fingerprint density at radius 3 is 2.74 bits per heavy atom. The van der Waals surface area contributed by atoms with Gasteiger partial charge in [0.2, 0.25) is 0 Å². The van der Waals surface area contributed by atoms with Crippen molar-refractivity contribution in [1.82, 2.24) is 9.88 Å². The minimum atomic E-state index is 0.273. The molecule has 1 saturated heterocycles. The second kappa shape index (κ2) is 7.33. The summed E-state index contributed by atoms with van der Waals surface area (Å²) in [5.74, 6) is 1.26. The number of pyridine rings is 1. The van der Waals surface area contributed by atoms with Gasteiger partial charge in [-0.05, 0) is 68.7 Å². The molecule has 4 rings (SSSR count). The summed E-state index contributed by atoms with van der Waals surface area (Å²) in [6, 6.07) is 14.7. The smallest absolute Gasteiger partial charge is 0.129 e. The van der Waals surface area contributed by atoms with Gasteiger partial charge in [0.05, 0.1) is 5.69 Å².